The summed E-state index contributed by atoms with van der Waals surface area (Å²) in [6.07, 6.45) is 4.52. The number of rotatable bonds is 2. The van der Waals surface area contributed by atoms with Crippen molar-refractivity contribution in [3.63, 3.8) is 0 Å². The first-order chi connectivity index (χ1) is 11.0. The number of carbonyl (C=O) groups excluding carboxylic acids is 1. The summed E-state index contributed by atoms with van der Waals surface area (Å²) in [5.74, 6) is 0.414. The molecule has 0 saturated carbocycles. The number of amides is 1. The normalized spacial score (nSPS) is 25.5. The Hall–Kier alpha value is -1.23. The quantitative estimate of drug-likeness (QED) is 0.864. The molecule has 4 nitrogen and oxygen atoms in total. The highest BCUT2D eigenvalue weighted by Crippen LogP contribution is 2.32. The second kappa shape index (κ2) is 6.58. The van der Waals surface area contributed by atoms with Crippen LogP contribution in [0.2, 0.25) is 5.02 Å². The molecule has 4 rings (SSSR count). The Morgan fingerprint density at radius 2 is 1.96 bits per heavy atom. The van der Waals surface area contributed by atoms with Crippen LogP contribution in [0.15, 0.2) is 22.6 Å². The zero-order chi connectivity index (χ0) is 16.1. The number of aryl methyl sites for hydroxylation is 1. The number of hydrogen-bond donors (Lipinski definition) is 1. The summed E-state index contributed by atoms with van der Waals surface area (Å²) in [5, 5.41) is 5.19. The molecule has 2 unspecified atom stereocenters. The molecule has 2 aromatic rings. The molecule has 2 aliphatic rings. The lowest BCUT2D eigenvalue weighted by Crippen LogP contribution is -2.48. The average molecular weight is 369 g/mol. The number of nitrogens with one attached hydrogen (secondary N) is 1. The lowest BCUT2D eigenvalue weighted by atomic mass is 9.98. The van der Waals surface area contributed by atoms with Gasteiger partial charge in [0, 0.05) is 41.1 Å². The van der Waals surface area contributed by atoms with Gasteiger partial charge in [-0.1, -0.05) is 11.6 Å². The summed E-state index contributed by atoms with van der Waals surface area (Å²) < 4.78 is 5.83. The zero-order valence-electron chi connectivity index (χ0n) is 13.8. The number of benzene rings is 1. The maximum absolute atomic E-state index is 12.9. The van der Waals surface area contributed by atoms with Crippen LogP contribution in [0.1, 0.15) is 41.8 Å². The van der Waals surface area contributed by atoms with Crippen molar-refractivity contribution in [3.8, 4) is 0 Å². The smallest absolute Gasteiger partial charge is 0.289 e. The van der Waals surface area contributed by atoms with Crippen molar-refractivity contribution in [2.45, 2.75) is 50.7 Å². The fraction of sp³-hybridized carbons (Fsp3) is 0.500. The van der Waals surface area contributed by atoms with Crippen LogP contribution >= 0.6 is 24.0 Å². The van der Waals surface area contributed by atoms with Gasteiger partial charge in [0.25, 0.3) is 5.91 Å². The second-order valence-electron chi connectivity index (χ2n) is 6.88. The van der Waals surface area contributed by atoms with Gasteiger partial charge in [-0.25, -0.2) is 0 Å². The van der Waals surface area contributed by atoms with E-state index in [-0.39, 0.29) is 24.4 Å². The van der Waals surface area contributed by atoms with E-state index < -0.39 is 0 Å². The van der Waals surface area contributed by atoms with Crippen LogP contribution in [0.4, 0.5) is 0 Å². The number of nitrogens with zero attached hydrogens (tertiary/aromatic N) is 1. The SMILES string of the molecule is Cc1c(C(=O)N(C)C2CC3CCC(C2)N3)oc2ccc(Cl)cc12.Cl. The van der Waals surface area contributed by atoms with Crippen LogP contribution in [0.25, 0.3) is 11.0 Å². The molecule has 1 aromatic carbocycles. The first-order valence-corrected chi connectivity index (χ1v) is 8.62. The minimum absolute atomic E-state index is 0. The highest BCUT2D eigenvalue weighted by molar-refractivity contribution is 6.31. The van der Waals surface area contributed by atoms with Gasteiger partial charge in [-0.3, -0.25) is 4.79 Å². The van der Waals surface area contributed by atoms with E-state index in [4.69, 9.17) is 16.0 Å². The highest BCUT2D eigenvalue weighted by Gasteiger charge is 2.37. The Morgan fingerprint density at radius 1 is 1.29 bits per heavy atom. The third-order valence-corrected chi connectivity index (χ3v) is 5.64. The van der Waals surface area contributed by atoms with E-state index in [1.54, 1.807) is 6.07 Å². The van der Waals surface area contributed by atoms with Gasteiger partial charge in [0.1, 0.15) is 5.58 Å². The maximum atomic E-state index is 12.9. The number of carbonyl (C=O) groups is 1. The van der Waals surface area contributed by atoms with Gasteiger partial charge >= 0.3 is 0 Å². The zero-order valence-corrected chi connectivity index (χ0v) is 15.4. The molecule has 0 aliphatic carbocycles. The number of hydrogen-bond acceptors (Lipinski definition) is 3. The van der Waals surface area contributed by atoms with Gasteiger partial charge in [0.2, 0.25) is 0 Å². The summed E-state index contributed by atoms with van der Waals surface area (Å²) in [6, 6.07) is 6.88. The molecule has 0 radical (unpaired) electrons. The fourth-order valence-corrected chi connectivity index (χ4v) is 4.24. The fourth-order valence-electron chi connectivity index (χ4n) is 4.07. The molecule has 130 valence electrons. The van der Waals surface area contributed by atoms with E-state index in [1.165, 1.54) is 12.8 Å². The Kier molecular flexibility index (Phi) is 4.82. The highest BCUT2D eigenvalue weighted by atomic mass is 35.5. The molecule has 2 bridgehead atoms. The van der Waals surface area contributed by atoms with Gasteiger partial charge in [-0.15, -0.1) is 12.4 Å². The molecular formula is C18H22Cl2N2O2. The summed E-state index contributed by atoms with van der Waals surface area (Å²) in [5.41, 5.74) is 1.59. The van der Waals surface area contributed by atoms with Crippen molar-refractivity contribution >= 4 is 40.9 Å². The van der Waals surface area contributed by atoms with E-state index in [0.29, 0.717) is 28.4 Å². The monoisotopic (exact) mass is 368 g/mol. The van der Waals surface area contributed by atoms with Crippen molar-refractivity contribution in [1.29, 1.82) is 0 Å². The lowest BCUT2D eigenvalue weighted by molar-refractivity contribution is 0.0651. The molecule has 1 amide bonds. The largest absolute Gasteiger partial charge is 0.451 e. The third-order valence-electron chi connectivity index (χ3n) is 5.41. The van der Waals surface area contributed by atoms with Crippen molar-refractivity contribution in [1.82, 2.24) is 10.2 Å². The van der Waals surface area contributed by atoms with Crippen LogP contribution in [0.5, 0.6) is 0 Å². The molecule has 1 aromatic heterocycles. The van der Waals surface area contributed by atoms with Crippen LogP contribution < -0.4 is 5.32 Å². The van der Waals surface area contributed by atoms with Crippen molar-refractivity contribution in [2.75, 3.05) is 7.05 Å². The van der Waals surface area contributed by atoms with Crippen LogP contribution in [0, 0.1) is 6.92 Å². The molecular weight excluding hydrogens is 347 g/mol. The molecule has 2 aliphatic heterocycles. The van der Waals surface area contributed by atoms with Crippen molar-refractivity contribution in [2.24, 2.45) is 0 Å². The minimum Gasteiger partial charge on any atom is -0.451 e. The standard InChI is InChI=1S/C18H21ClN2O2.ClH/c1-10-15-7-11(19)3-6-16(15)23-17(10)18(22)21(2)14-8-12-4-5-13(9-14)20-12;/h3,6-7,12-14,20H,4-5,8-9H2,1-2H3;1H. The van der Waals surface area contributed by atoms with Gasteiger partial charge in [0.05, 0.1) is 0 Å². The van der Waals surface area contributed by atoms with E-state index >= 15 is 0 Å². The predicted octanol–water partition coefficient (Wildman–Crippen LogP) is 4.17. The number of piperidine rings is 1. The van der Waals surface area contributed by atoms with Gasteiger partial charge in [-0.05, 0) is 50.8 Å². The van der Waals surface area contributed by atoms with E-state index in [1.807, 2.05) is 31.0 Å². The van der Waals surface area contributed by atoms with Crippen LogP contribution in [-0.4, -0.2) is 36.0 Å². The van der Waals surface area contributed by atoms with Crippen molar-refractivity contribution in [3.05, 3.63) is 34.5 Å². The van der Waals surface area contributed by atoms with E-state index in [0.717, 1.165) is 23.8 Å². The molecule has 24 heavy (non-hydrogen) atoms. The van der Waals surface area contributed by atoms with Crippen molar-refractivity contribution < 1.29 is 9.21 Å². The molecule has 3 heterocycles. The molecule has 6 heteroatoms. The number of furan rings is 1. The lowest BCUT2D eigenvalue weighted by Gasteiger charge is -2.35. The second-order valence-corrected chi connectivity index (χ2v) is 7.31. The summed E-state index contributed by atoms with van der Waals surface area (Å²) in [4.78, 5) is 14.8. The Balaban J connectivity index is 0.00000169. The molecule has 1 N–H and O–H groups in total. The maximum Gasteiger partial charge on any atom is 0.289 e. The minimum atomic E-state index is -0.0267. The Morgan fingerprint density at radius 3 is 2.62 bits per heavy atom. The molecule has 0 spiro atoms. The van der Waals surface area contributed by atoms with Crippen LogP contribution in [0.3, 0.4) is 0 Å². The van der Waals surface area contributed by atoms with Gasteiger partial charge in [0.15, 0.2) is 5.76 Å². The molecule has 2 saturated heterocycles. The number of halogens is 2. The van der Waals surface area contributed by atoms with Gasteiger partial charge < -0.3 is 14.6 Å². The molecule has 2 atom stereocenters. The topological polar surface area (TPSA) is 45.5 Å². The number of fused-ring (bicyclic) bond motifs is 3. The average Bonchev–Trinajstić information content (AvgIpc) is 3.05. The van der Waals surface area contributed by atoms with Crippen LogP contribution in [-0.2, 0) is 0 Å². The van der Waals surface area contributed by atoms with E-state index in [2.05, 4.69) is 5.32 Å². The Labute approximate surface area is 152 Å². The summed E-state index contributed by atoms with van der Waals surface area (Å²) in [7, 11) is 1.90. The first-order valence-electron chi connectivity index (χ1n) is 8.25. The Bertz CT molecular complexity index is 762. The third kappa shape index (κ3) is 2.92. The summed E-state index contributed by atoms with van der Waals surface area (Å²) in [6.45, 7) is 1.93. The molecule has 2 fully saturated rings. The first kappa shape index (κ1) is 17.6. The van der Waals surface area contributed by atoms with Gasteiger partial charge in [-0.2, -0.15) is 0 Å². The predicted molar refractivity (Wildman–Crippen MR) is 98.3 cm³/mol. The van der Waals surface area contributed by atoms with E-state index in [9.17, 15) is 4.79 Å². The summed E-state index contributed by atoms with van der Waals surface area (Å²) >= 11 is 6.06.